The molecule has 2 N–H and O–H groups in total. The van der Waals surface area contributed by atoms with Gasteiger partial charge < -0.3 is 15.0 Å². The molecular weight excluding hydrogens is 428 g/mol. The van der Waals surface area contributed by atoms with Crippen LogP contribution in [0.4, 0.5) is 4.79 Å². The molecule has 0 radical (unpaired) electrons. The van der Waals surface area contributed by atoms with Gasteiger partial charge in [0, 0.05) is 19.6 Å². The predicted molar refractivity (Wildman–Crippen MR) is 123 cm³/mol. The average molecular weight is 459 g/mol. The molecule has 2 aromatic carbocycles. The van der Waals surface area contributed by atoms with Crippen molar-refractivity contribution in [2.45, 2.75) is 37.7 Å². The summed E-state index contributed by atoms with van der Waals surface area (Å²) in [6.07, 6.45) is 1.98. The number of unbranched alkanes of at least 4 members (excludes halogenated alkanes) is 1. The summed E-state index contributed by atoms with van der Waals surface area (Å²) in [5.41, 5.74) is 1.81. The van der Waals surface area contributed by atoms with Crippen LogP contribution < -0.4 is 5.32 Å². The van der Waals surface area contributed by atoms with Crippen LogP contribution in [0.1, 0.15) is 30.9 Å². The fourth-order valence-corrected chi connectivity index (χ4v) is 4.82. The summed E-state index contributed by atoms with van der Waals surface area (Å²) in [4.78, 5) is 13.8. The van der Waals surface area contributed by atoms with E-state index in [1.54, 1.807) is 29.2 Å². The number of benzene rings is 2. The van der Waals surface area contributed by atoms with Crippen molar-refractivity contribution >= 4 is 22.1 Å². The van der Waals surface area contributed by atoms with Gasteiger partial charge in [0.05, 0.1) is 11.4 Å². The Morgan fingerprint density at radius 1 is 1.06 bits per heavy atom. The number of carbonyl (C=O) groups excluding carboxylic acids is 1. The van der Waals surface area contributed by atoms with Gasteiger partial charge in [0.25, 0.3) is 10.0 Å². The second kappa shape index (κ2) is 11.0. The molecule has 1 saturated heterocycles. The number of rotatable bonds is 10. The maximum atomic E-state index is 13.0. The SMILES string of the molecule is CCCCN1CCN(S(=O)(=O)c2ccc(CCNC(=O)OCc3ccccc3)cc2)C1=N. The first-order valence-electron chi connectivity index (χ1n) is 10.8. The van der Waals surface area contributed by atoms with Crippen molar-refractivity contribution in [3.8, 4) is 0 Å². The van der Waals surface area contributed by atoms with E-state index in [4.69, 9.17) is 10.1 Å². The highest BCUT2D eigenvalue weighted by Gasteiger charge is 2.34. The molecule has 2 aromatic rings. The van der Waals surface area contributed by atoms with Crippen LogP contribution in [0.5, 0.6) is 0 Å². The molecule has 1 aliphatic rings. The Morgan fingerprint density at radius 2 is 1.78 bits per heavy atom. The number of hydrogen-bond acceptors (Lipinski definition) is 5. The average Bonchev–Trinajstić information content (AvgIpc) is 3.18. The Kier molecular flexibility index (Phi) is 8.10. The molecule has 1 heterocycles. The number of amides is 1. The molecule has 1 fully saturated rings. The molecule has 32 heavy (non-hydrogen) atoms. The highest BCUT2D eigenvalue weighted by molar-refractivity contribution is 7.89. The van der Waals surface area contributed by atoms with Gasteiger partial charge in [-0.25, -0.2) is 17.5 Å². The van der Waals surface area contributed by atoms with Gasteiger partial charge in [-0.05, 0) is 36.1 Å². The summed E-state index contributed by atoms with van der Waals surface area (Å²) in [7, 11) is -3.75. The maximum Gasteiger partial charge on any atom is 0.407 e. The highest BCUT2D eigenvalue weighted by atomic mass is 32.2. The molecule has 0 bridgehead atoms. The number of ether oxygens (including phenoxy) is 1. The number of nitrogens with zero attached hydrogens (tertiary/aromatic N) is 2. The third-order valence-electron chi connectivity index (χ3n) is 5.30. The fourth-order valence-electron chi connectivity index (χ4n) is 3.42. The molecule has 0 unspecified atom stereocenters. The lowest BCUT2D eigenvalue weighted by Crippen LogP contribution is -2.37. The van der Waals surface area contributed by atoms with Gasteiger partial charge in [0.2, 0.25) is 5.96 Å². The van der Waals surface area contributed by atoms with Gasteiger partial charge in [-0.3, -0.25) is 5.41 Å². The van der Waals surface area contributed by atoms with Gasteiger partial charge in [-0.2, -0.15) is 0 Å². The Hall–Kier alpha value is -3.07. The van der Waals surface area contributed by atoms with E-state index in [0.29, 0.717) is 32.6 Å². The van der Waals surface area contributed by atoms with E-state index in [0.717, 1.165) is 24.0 Å². The zero-order valence-corrected chi connectivity index (χ0v) is 19.1. The minimum absolute atomic E-state index is 0.0424. The van der Waals surface area contributed by atoms with Crippen LogP contribution in [0.25, 0.3) is 0 Å². The lowest BCUT2D eigenvalue weighted by molar-refractivity contribution is 0.140. The summed E-state index contributed by atoms with van der Waals surface area (Å²) in [6.45, 7) is 4.19. The second-order valence-electron chi connectivity index (χ2n) is 7.62. The Morgan fingerprint density at radius 3 is 2.47 bits per heavy atom. The molecule has 8 nitrogen and oxygen atoms in total. The first-order chi connectivity index (χ1) is 15.4. The molecule has 0 spiro atoms. The fraction of sp³-hybridized carbons (Fsp3) is 0.391. The Balaban J connectivity index is 1.48. The van der Waals surface area contributed by atoms with E-state index >= 15 is 0 Å². The van der Waals surface area contributed by atoms with Gasteiger partial charge >= 0.3 is 6.09 Å². The normalized spacial score (nSPS) is 14.0. The lowest BCUT2D eigenvalue weighted by Gasteiger charge is -2.21. The summed E-state index contributed by atoms with van der Waals surface area (Å²) in [5, 5.41) is 10.9. The van der Waals surface area contributed by atoms with Crippen molar-refractivity contribution in [3.63, 3.8) is 0 Å². The van der Waals surface area contributed by atoms with E-state index in [9.17, 15) is 13.2 Å². The summed E-state index contributed by atoms with van der Waals surface area (Å²) < 4.78 is 32.2. The zero-order chi connectivity index (χ0) is 23.0. The van der Waals surface area contributed by atoms with E-state index in [1.807, 2.05) is 30.3 Å². The van der Waals surface area contributed by atoms with Crippen LogP contribution in [0.15, 0.2) is 59.5 Å². The van der Waals surface area contributed by atoms with Crippen molar-refractivity contribution < 1.29 is 17.9 Å². The number of hydrogen-bond donors (Lipinski definition) is 2. The van der Waals surface area contributed by atoms with Crippen molar-refractivity contribution in [1.82, 2.24) is 14.5 Å². The molecule has 172 valence electrons. The van der Waals surface area contributed by atoms with Crippen LogP contribution in [0, 0.1) is 5.41 Å². The van der Waals surface area contributed by atoms with Crippen molar-refractivity contribution in [3.05, 3.63) is 65.7 Å². The first-order valence-corrected chi connectivity index (χ1v) is 12.3. The topological polar surface area (TPSA) is 103 Å². The minimum Gasteiger partial charge on any atom is -0.445 e. The second-order valence-corrected chi connectivity index (χ2v) is 9.49. The minimum atomic E-state index is -3.75. The molecule has 0 saturated carbocycles. The third kappa shape index (κ3) is 6.00. The number of alkyl carbamates (subject to hydrolysis) is 1. The number of nitrogens with one attached hydrogen (secondary N) is 2. The van der Waals surface area contributed by atoms with Gasteiger partial charge in [0.1, 0.15) is 6.61 Å². The number of carbonyl (C=O) groups is 1. The van der Waals surface area contributed by atoms with E-state index < -0.39 is 16.1 Å². The van der Waals surface area contributed by atoms with Crippen LogP contribution in [0.3, 0.4) is 0 Å². The van der Waals surface area contributed by atoms with Crippen LogP contribution in [-0.2, 0) is 27.8 Å². The molecule has 0 aliphatic carbocycles. The van der Waals surface area contributed by atoms with Crippen molar-refractivity contribution in [1.29, 1.82) is 5.41 Å². The largest absolute Gasteiger partial charge is 0.445 e. The lowest BCUT2D eigenvalue weighted by atomic mass is 10.1. The van der Waals surface area contributed by atoms with Gasteiger partial charge in [0.15, 0.2) is 0 Å². The molecule has 9 heteroatoms. The zero-order valence-electron chi connectivity index (χ0n) is 18.3. The summed E-state index contributed by atoms with van der Waals surface area (Å²) >= 11 is 0. The van der Waals surface area contributed by atoms with Crippen LogP contribution in [-0.4, -0.2) is 55.9 Å². The van der Waals surface area contributed by atoms with Crippen LogP contribution >= 0.6 is 0 Å². The summed E-state index contributed by atoms with van der Waals surface area (Å²) in [5.74, 6) is 0.0424. The standard InChI is InChI=1S/C23H30N4O4S/c1-2-3-15-26-16-17-27(22(26)24)32(29,30)21-11-9-19(10-12-21)13-14-25-23(28)31-18-20-7-5-4-6-8-20/h4-12,24H,2-3,13-18H2,1H3,(H,25,28). The highest BCUT2D eigenvalue weighted by Crippen LogP contribution is 2.21. The van der Waals surface area contributed by atoms with Gasteiger partial charge in [-0.15, -0.1) is 0 Å². The van der Waals surface area contributed by atoms with Gasteiger partial charge in [-0.1, -0.05) is 55.8 Å². The van der Waals surface area contributed by atoms with E-state index in [1.165, 1.54) is 4.31 Å². The monoisotopic (exact) mass is 458 g/mol. The van der Waals surface area contributed by atoms with E-state index in [-0.39, 0.29) is 17.5 Å². The first kappa shape index (κ1) is 23.6. The van der Waals surface area contributed by atoms with Crippen LogP contribution in [0.2, 0.25) is 0 Å². The summed E-state index contributed by atoms with van der Waals surface area (Å²) in [6, 6.07) is 16.0. The maximum absolute atomic E-state index is 13.0. The molecule has 3 rings (SSSR count). The molecule has 0 atom stereocenters. The predicted octanol–water partition coefficient (Wildman–Crippen LogP) is 3.20. The molecule has 1 amide bonds. The molecular formula is C23H30N4O4S. The smallest absolute Gasteiger partial charge is 0.407 e. The Labute approximate surface area is 189 Å². The Bertz CT molecular complexity index is 1010. The molecule has 1 aliphatic heterocycles. The third-order valence-corrected chi connectivity index (χ3v) is 7.10. The molecule has 0 aromatic heterocycles. The number of sulfonamides is 1. The van der Waals surface area contributed by atoms with Crippen molar-refractivity contribution in [2.75, 3.05) is 26.2 Å². The van der Waals surface area contributed by atoms with E-state index in [2.05, 4.69) is 12.2 Å². The van der Waals surface area contributed by atoms with Crippen molar-refractivity contribution in [2.24, 2.45) is 0 Å². The number of guanidine groups is 1. The quantitative estimate of drug-likeness (QED) is 0.569.